The number of ether oxygens (including phenoxy) is 2. The van der Waals surface area contributed by atoms with Gasteiger partial charge in [0.1, 0.15) is 12.4 Å². The normalized spacial score (nSPS) is 14.5. The Morgan fingerprint density at radius 3 is 2.48 bits per heavy atom. The summed E-state index contributed by atoms with van der Waals surface area (Å²) in [6, 6.07) is 8.04. The lowest BCUT2D eigenvalue weighted by Crippen LogP contribution is -2.46. The molecule has 1 aliphatic heterocycles. The van der Waals surface area contributed by atoms with Crippen LogP contribution in [0.25, 0.3) is 0 Å². The average Bonchev–Trinajstić information content (AvgIpc) is 2.77. The fraction of sp³-hybridized carbons (Fsp3) is 0.455. The Balaban J connectivity index is 1.66. The largest absolute Gasteiger partial charge is 0.491 e. The second-order valence-corrected chi connectivity index (χ2v) is 7.41. The van der Waals surface area contributed by atoms with Gasteiger partial charge in [0.2, 0.25) is 11.3 Å². The van der Waals surface area contributed by atoms with Crippen LogP contribution in [-0.2, 0) is 22.6 Å². The maximum absolute atomic E-state index is 13.2. The Hall–Kier alpha value is -2.91. The molecular weight excluding hydrogens is 403 g/mol. The third-order valence-corrected chi connectivity index (χ3v) is 5.29. The molecule has 0 bridgehead atoms. The van der Waals surface area contributed by atoms with E-state index in [1.54, 1.807) is 30.0 Å². The number of nitrogens with zero attached hydrogens (tertiary/aromatic N) is 3. The summed E-state index contributed by atoms with van der Waals surface area (Å²) in [4.78, 5) is 29.0. The molecule has 2 heterocycles. The first-order valence-electron chi connectivity index (χ1n) is 10.3. The third kappa shape index (κ3) is 6.28. The molecule has 1 amide bonds. The number of carbonyl (C=O) groups is 1. The molecule has 0 atom stereocenters. The number of anilines is 1. The molecule has 0 saturated carbocycles. The summed E-state index contributed by atoms with van der Waals surface area (Å²) in [6.45, 7) is 4.66. The molecule has 1 aromatic heterocycles. The van der Waals surface area contributed by atoms with E-state index in [9.17, 15) is 14.0 Å². The summed E-state index contributed by atoms with van der Waals surface area (Å²) < 4.78 is 25.0. The Labute approximate surface area is 181 Å². The number of rotatable bonds is 9. The number of methoxy groups -OCH3 is 2. The van der Waals surface area contributed by atoms with E-state index in [1.807, 2.05) is 0 Å². The number of pyridine rings is 1. The Morgan fingerprint density at radius 2 is 1.84 bits per heavy atom. The number of halogens is 1. The molecule has 1 saturated heterocycles. The minimum atomic E-state index is -0.244. The number of hydrogen-bond donors (Lipinski definition) is 1. The second kappa shape index (κ2) is 10.9. The molecule has 9 heteroatoms. The van der Waals surface area contributed by atoms with Gasteiger partial charge in [-0.2, -0.15) is 0 Å². The average molecular weight is 432 g/mol. The topological polar surface area (TPSA) is 76.0 Å². The van der Waals surface area contributed by atoms with Crippen LogP contribution in [0.2, 0.25) is 0 Å². The van der Waals surface area contributed by atoms with Crippen molar-refractivity contribution in [2.45, 2.75) is 13.1 Å². The van der Waals surface area contributed by atoms with Crippen molar-refractivity contribution in [2.24, 2.45) is 0 Å². The van der Waals surface area contributed by atoms with E-state index in [0.29, 0.717) is 19.7 Å². The van der Waals surface area contributed by atoms with Crippen LogP contribution in [0.4, 0.5) is 10.1 Å². The highest BCUT2D eigenvalue weighted by Gasteiger charge is 2.19. The van der Waals surface area contributed by atoms with Crippen molar-refractivity contribution in [2.75, 3.05) is 58.5 Å². The zero-order valence-corrected chi connectivity index (χ0v) is 18.0. The van der Waals surface area contributed by atoms with Crippen molar-refractivity contribution in [1.29, 1.82) is 0 Å². The highest BCUT2D eigenvalue weighted by Crippen LogP contribution is 2.18. The van der Waals surface area contributed by atoms with E-state index in [-0.39, 0.29) is 29.4 Å². The molecule has 1 N–H and O–H groups in total. The number of nitrogens with one attached hydrogen (secondary N) is 1. The lowest BCUT2D eigenvalue weighted by Gasteiger charge is -2.36. The lowest BCUT2D eigenvalue weighted by atomic mass is 10.2. The predicted octanol–water partition coefficient (Wildman–Crippen LogP) is 1.08. The summed E-state index contributed by atoms with van der Waals surface area (Å²) in [7, 11) is 3.01. The lowest BCUT2D eigenvalue weighted by molar-refractivity contribution is -0.121. The molecule has 0 spiro atoms. The Kier molecular flexibility index (Phi) is 8.02. The molecular formula is C22H29FN4O4. The van der Waals surface area contributed by atoms with Crippen LogP contribution in [-0.4, -0.2) is 68.9 Å². The van der Waals surface area contributed by atoms with E-state index in [2.05, 4.69) is 15.1 Å². The molecule has 3 rings (SSSR count). The van der Waals surface area contributed by atoms with Crippen molar-refractivity contribution >= 4 is 11.6 Å². The highest BCUT2D eigenvalue weighted by atomic mass is 19.1. The molecule has 0 unspecified atom stereocenters. The fourth-order valence-corrected chi connectivity index (χ4v) is 3.58. The monoisotopic (exact) mass is 432 g/mol. The summed E-state index contributed by atoms with van der Waals surface area (Å²) in [6.07, 6.45) is 1.59. The number of carbonyl (C=O) groups excluding carboxylic acids is 1. The van der Waals surface area contributed by atoms with Gasteiger partial charge in [-0.15, -0.1) is 0 Å². The van der Waals surface area contributed by atoms with Crippen LogP contribution >= 0.6 is 0 Å². The molecule has 168 valence electrons. The van der Waals surface area contributed by atoms with E-state index >= 15 is 0 Å². The number of aromatic nitrogens is 1. The molecule has 1 aromatic carbocycles. The summed E-state index contributed by atoms with van der Waals surface area (Å²) >= 11 is 0. The van der Waals surface area contributed by atoms with Crippen LogP contribution in [0, 0.1) is 5.82 Å². The quantitative estimate of drug-likeness (QED) is 0.598. The maximum atomic E-state index is 13.2. The first-order valence-corrected chi connectivity index (χ1v) is 10.3. The molecule has 31 heavy (non-hydrogen) atoms. The Bertz CT molecular complexity index is 924. The SMILES string of the molecule is COCCNC(=O)Cn1cc(OC)c(=O)cc1CN1CCN(c2ccc(F)cc2)CC1. The maximum Gasteiger partial charge on any atom is 0.240 e. The zero-order chi connectivity index (χ0) is 22.2. The van der Waals surface area contributed by atoms with Gasteiger partial charge in [-0.3, -0.25) is 14.5 Å². The van der Waals surface area contributed by atoms with Crippen LogP contribution in [0.15, 0.2) is 41.3 Å². The number of amides is 1. The first-order chi connectivity index (χ1) is 15.0. The molecule has 1 aliphatic rings. The van der Waals surface area contributed by atoms with Crippen LogP contribution < -0.4 is 20.4 Å². The van der Waals surface area contributed by atoms with E-state index in [0.717, 1.165) is 37.6 Å². The molecule has 0 aliphatic carbocycles. The Morgan fingerprint density at radius 1 is 1.13 bits per heavy atom. The van der Waals surface area contributed by atoms with Gasteiger partial charge in [0.25, 0.3) is 0 Å². The summed E-state index contributed by atoms with van der Waals surface area (Å²) in [5.41, 5.74) is 1.54. The van der Waals surface area contributed by atoms with Gasteiger partial charge in [-0.05, 0) is 24.3 Å². The van der Waals surface area contributed by atoms with Crippen LogP contribution in [0.1, 0.15) is 5.69 Å². The molecule has 0 radical (unpaired) electrons. The van der Waals surface area contributed by atoms with Gasteiger partial charge in [0.15, 0.2) is 5.75 Å². The third-order valence-electron chi connectivity index (χ3n) is 5.29. The van der Waals surface area contributed by atoms with Crippen molar-refractivity contribution in [3.63, 3.8) is 0 Å². The van der Waals surface area contributed by atoms with E-state index in [4.69, 9.17) is 9.47 Å². The molecule has 2 aromatic rings. The van der Waals surface area contributed by atoms with Crippen molar-refractivity contribution in [3.05, 3.63) is 58.3 Å². The molecule has 8 nitrogen and oxygen atoms in total. The number of hydrogen-bond acceptors (Lipinski definition) is 6. The standard InChI is InChI=1S/C22H29FN4O4/c1-30-12-7-24-22(29)16-27-15-21(31-2)20(28)13-19(27)14-25-8-10-26(11-9-25)18-5-3-17(23)4-6-18/h3-6,13,15H,7-12,14,16H2,1-2H3,(H,24,29). The van der Waals surface area contributed by atoms with Gasteiger partial charge in [-0.25, -0.2) is 4.39 Å². The van der Waals surface area contributed by atoms with Crippen molar-refractivity contribution in [3.8, 4) is 5.75 Å². The van der Waals surface area contributed by atoms with Crippen molar-refractivity contribution < 1.29 is 18.7 Å². The smallest absolute Gasteiger partial charge is 0.240 e. The minimum Gasteiger partial charge on any atom is -0.491 e. The first kappa shape index (κ1) is 22.8. The van der Waals surface area contributed by atoms with Gasteiger partial charge in [0, 0.05) is 63.8 Å². The molecule has 1 fully saturated rings. The van der Waals surface area contributed by atoms with Gasteiger partial charge < -0.3 is 24.3 Å². The van der Waals surface area contributed by atoms with E-state index in [1.165, 1.54) is 25.3 Å². The van der Waals surface area contributed by atoms with Gasteiger partial charge in [0.05, 0.1) is 19.9 Å². The van der Waals surface area contributed by atoms with Gasteiger partial charge >= 0.3 is 0 Å². The van der Waals surface area contributed by atoms with Crippen LogP contribution in [0.3, 0.4) is 0 Å². The number of piperazine rings is 1. The number of benzene rings is 1. The summed E-state index contributed by atoms with van der Waals surface area (Å²) in [5, 5.41) is 2.79. The highest BCUT2D eigenvalue weighted by molar-refractivity contribution is 5.75. The van der Waals surface area contributed by atoms with Crippen molar-refractivity contribution in [1.82, 2.24) is 14.8 Å². The summed E-state index contributed by atoms with van der Waals surface area (Å²) in [5.74, 6) is -0.203. The zero-order valence-electron chi connectivity index (χ0n) is 18.0. The fourth-order valence-electron chi connectivity index (χ4n) is 3.58. The second-order valence-electron chi connectivity index (χ2n) is 7.41. The van der Waals surface area contributed by atoms with Crippen LogP contribution in [0.5, 0.6) is 5.75 Å². The van der Waals surface area contributed by atoms with Gasteiger partial charge in [-0.1, -0.05) is 0 Å². The van der Waals surface area contributed by atoms with E-state index < -0.39 is 0 Å². The predicted molar refractivity (Wildman–Crippen MR) is 116 cm³/mol. The minimum absolute atomic E-state index is 0.0885.